The minimum absolute atomic E-state index is 0.0455. The van der Waals surface area contributed by atoms with Gasteiger partial charge in [0.15, 0.2) is 0 Å². The molecule has 0 aromatic heterocycles. The highest BCUT2D eigenvalue weighted by molar-refractivity contribution is 5.79. The van der Waals surface area contributed by atoms with Crippen LogP contribution in [-0.2, 0) is 11.2 Å². The number of halogens is 2. The van der Waals surface area contributed by atoms with E-state index >= 15 is 0 Å². The van der Waals surface area contributed by atoms with E-state index in [1.165, 1.54) is 18.2 Å². The van der Waals surface area contributed by atoms with E-state index in [2.05, 4.69) is 22.2 Å². The third-order valence-corrected chi connectivity index (χ3v) is 4.99. The maximum atomic E-state index is 13.9. The number of piperazine rings is 1. The Morgan fingerprint density at radius 2 is 1.81 bits per heavy atom. The molecule has 1 heterocycles. The molecule has 0 spiro atoms. The van der Waals surface area contributed by atoms with Crippen LogP contribution in [0.3, 0.4) is 0 Å². The fourth-order valence-corrected chi connectivity index (χ4v) is 3.39. The Labute approximate surface area is 158 Å². The third kappa shape index (κ3) is 4.83. The predicted octanol–water partition coefficient (Wildman–Crippen LogP) is 3.14. The zero-order valence-corrected chi connectivity index (χ0v) is 15.7. The summed E-state index contributed by atoms with van der Waals surface area (Å²) in [6.07, 6.45) is -0.0455. The van der Waals surface area contributed by atoms with Crippen LogP contribution in [0.15, 0.2) is 42.5 Å². The molecule has 1 aliphatic rings. The standard InChI is InChI=1S/C21H25F2N3O/c1-15(24-21(27)13-16-5-3-4-6-19(16)23)18-14-17(22)7-8-20(18)26-11-9-25(2)10-12-26/h3-8,14-15H,9-13H2,1-2H3,(H,24,27). The zero-order valence-electron chi connectivity index (χ0n) is 15.7. The van der Waals surface area contributed by atoms with Crippen molar-refractivity contribution in [3.63, 3.8) is 0 Å². The van der Waals surface area contributed by atoms with Crippen LogP contribution in [0.5, 0.6) is 0 Å². The third-order valence-electron chi connectivity index (χ3n) is 4.99. The number of benzene rings is 2. The number of anilines is 1. The van der Waals surface area contributed by atoms with E-state index in [9.17, 15) is 13.6 Å². The molecule has 27 heavy (non-hydrogen) atoms. The number of likely N-dealkylation sites (N-methyl/N-ethyl adjacent to an activating group) is 1. The minimum Gasteiger partial charge on any atom is -0.369 e. The Hall–Kier alpha value is -2.47. The van der Waals surface area contributed by atoms with Gasteiger partial charge in [0.05, 0.1) is 12.5 Å². The van der Waals surface area contributed by atoms with Crippen molar-refractivity contribution >= 4 is 11.6 Å². The molecule has 6 heteroatoms. The van der Waals surface area contributed by atoms with Crippen LogP contribution in [-0.4, -0.2) is 44.0 Å². The maximum Gasteiger partial charge on any atom is 0.225 e. The Balaban J connectivity index is 1.73. The largest absolute Gasteiger partial charge is 0.369 e. The molecule has 1 atom stereocenters. The number of carbonyl (C=O) groups excluding carboxylic acids is 1. The summed E-state index contributed by atoms with van der Waals surface area (Å²) in [5.41, 5.74) is 2.02. The average molecular weight is 373 g/mol. The van der Waals surface area contributed by atoms with Crippen LogP contribution in [0.1, 0.15) is 24.1 Å². The monoisotopic (exact) mass is 373 g/mol. The maximum absolute atomic E-state index is 13.9. The van der Waals surface area contributed by atoms with Crippen LogP contribution in [0.2, 0.25) is 0 Å². The van der Waals surface area contributed by atoms with E-state index in [1.807, 2.05) is 6.92 Å². The summed E-state index contributed by atoms with van der Waals surface area (Å²) in [4.78, 5) is 16.8. The number of amides is 1. The molecule has 1 N–H and O–H groups in total. The fraction of sp³-hybridized carbons (Fsp3) is 0.381. The van der Waals surface area contributed by atoms with Crippen molar-refractivity contribution in [3.8, 4) is 0 Å². The van der Waals surface area contributed by atoms with Gasteiger partial charge in [-0.2, -0.15) is 0 Å². The summed E-state index contributed by atoms with van der Waals surface area (Å²) in [6.45, 7) is 5.40. The summed E-state index contributed by atoms with van der Waals surface area (Å²) >= 11 is 0. The van der Waals surface area contributed by atoms with Crippen LogP contribution in [0.4, 0.5) is 14.5 Å². The van der Waals surface area contributed by atoms with Gasteiger partial charge in [0.25, 0.3) is 0 Å². The summed E-state index contributed by atoms with van der Waals surface area (Å²) in [5.74, 6) is -1.02. The first-order chi connectivity index (χ1) is 12.9. The SMILES string of the molecule is CC(NC(=O)Cc1ccccc1F)c1cc(F)ccc1N1CCN(C)CC1. The second-order valence-electron chi connectivity index (χ2n) is 7.05. The predicted molar refractivity (Wildman–Crippen MR) is 103 cm³/mol. The Kier molecular flexibility index (Phi) is 6.06. The minimum atomic E-state index is -0.399. The van der Waals surface area contributed by atoms with Gasteiger partial charge in [-0.25, -0.2) is 8.78 Å². The van der Waals surface area contributed by atoms with E-state index < -0.39 is 5.82 Å². The van der Waals surface area contributed by atoms with Crippen molar-refractivity contribution in [1.29, 1.82) is 0 Å². The van der Waals surface area contributed by atoms with Gasteiger partial charge >= 0.3 is 0 Å². The highest BCUT2D eigenvalue weighted by Crippen LogP contribution is 2.28. The van der Waals surface area contributed by atoms with Gasteiger partial charge in [-0.15, -0.1) is 0 Å². The number of rotatable bonds is 5. The molecule has 0 bridgehead atoms. The molecule has 0 radical (unpaired) electrons. The van der Waals surface area contributed by atoms with Crippen molar-refractivity contribution in [3.05, 3.63) is 65.2 Å². The van der Waals surface area contributed by atoms with Gasteiger partial charge in [-0.05, 0) is 43.8 Å². The molecule has 1 unspecified atom stereocenters. The molecule has 0 saturated carbocycles. The Morgan fingerprint density at radius 3 is 2.52 bits per heavy atom. The van der Waals surface area contributed by atoms with Crippen LogP contribution in [0, 0.1) is 11.6 Å². The fourth-order valence-electron chi connectivity index (χ4n) is 3.39. The lowest BCUT2D eigenvalue weighted by atomic mass is 10.0. The van der Waals surface area contributed by atoms with Gasteiger partial charge < -0.3 is 15.1 Å². The van der Waals surface area contributed by atoms with Gasteiger partial charge in [-0.3, -0.25) is 4.79 Å². The average Bonchev–Trinajstić information content (AvgIpc) is 2.64. The highest BCUT2D eigenvalue weighted by atomic mass is 19.1. The topological polar surface area (TPSA) is 35.6 Å². The molecule has 3 rings (SSSR count). The summed E-state index contributed by atoms with van der Waals surface area (Å²) in [7, 11) is 2.08. The molecule has 1 amide bonds. The summed E-state index contributed by atoms with van der Waals surface area (Å²) < 4.78 is 27.6. The molecular weight excluding hydrogens is 348 g/mol. The number of nitrogens with one attached hydrogen (secondary N) is 1. The molecule has 144 valence electrons. The van der Waals surface area contributed by atoms with Crippen molar-refractivity contribution < 1.29 is 13.6 Å². The van der Waals surface area contributed by atoms with E-state index in [4.69, 9.17) is 0 Å². The van der Waals surface area contributed by atoms with Crippen LogP contribution >= 0.6 is 0 Å². The molecule has 1 saturated heterocycles. The first kappa shape index (κ1) is 19.3. The lowest BCUT2D eigenvalue weighted by Crippen LogP contribution is -2.45. The first-order valence-corrected chi connectivity index (χ1v) is 9.20. The first-order valence-electron chi connectivity index (χ1n) is 9.20. The zero-order chi connectivity index (χ0) is 19.4. The second kappa shape index (κ2) is 8.48. The quantitative estimate of drug-likeness (QED) is 0.875. The molecule has 1 aliphatic heterocycles. The number of nitrogens with zero attached hydrogens (tertiary/aromatic N) is 2. The van der Waals surface area contributed by atoms with Crippen LogP contribution < -0.4 is 10.2 Å². The normalized spacial score (nSPS) is 16.2. The van der Waals surface area contributed by atoms with Gasteiger partial charge in [0.1, 0.15) is 11.6 Å². The van der Waals surface area contributed by atoms with Gasteiger partial charge in [0.2, 0.25) is 5.91 Å². The molecule has 4 nitrogen and oxygen atoms in total. The number of carbonyl (C=O) groups is 1. The summed E-state index contributed by atoms with van der Waals surface area (Å²) in [5, 5.41) is 2.88. The lowest BCUT2D eigenvalue weighted by Gasteiger charge is -2.36. The summed E-state index contributed by atoms with van der Waals surface area (Å²) in [6, 6.07) is 10.5. The van der Waals surface area contributed by atoms with E-state index in [1.54, 1.807) is 24.3 Å². The Bertz CT molecular complexity index is 804. The van der Waals surface area contributed by atoms with E-state index in [0.717, 1.165) is 37.4 Å². The molecular formula is C21H25F2N3O. The lowest BCUT2D eigenvalue weighted by molar-refractivity contribution is -0.121. The van der Waals surface area contributed by atoms with Crippen molar-refractivity contribution in [2.24, 2.45) is 0 Å². The van der Waals surface area contributed by atoms with Gasteiger partial charge in [-0.1, -0.05) is 18.2 Å². The smallest absolute Gasteiger partial charge is 0.225 e. The van der Waals surface area contributed by atoms with Crippen molar-refractivity contribution in [2.45, 2.75) is 19.4 Å². The second-order valence-corrected chi connectivity index (χ2v) is 7.05. The highest BCUT2D eigenvalue weighted by Gasteiger charge is 2.21. The van der Waals surface area contributed by atoms with E-state index in [0.29, 0.717) is 5.56 Å². The van der Waals surface area contributed by atoms with Crippen molar-refractivity contribution in [2.75, 3.05) is 38.1 Å². The van der Waals surface area contributed by atoms with Crippen LogP contribution in [0.25, 0.3) is 0 Å². The van der Waals surface area contributed by atoms with E-state index in [-0.39, 0.29) is 24.2 Å². The molecule has 1 fully saturated rings. The number of hydrogen-bond acceptors (Lipinski definition) is 3. The van der Waals surface area contributed by atoms with Crippen molar-refractivity contribution in [1.82, 2.24) is 10.2 Å². The number of hydrogen-bond donors (Lipinski definition) is 1. The molecule has 0 aliphatic carbocycles. The van der Waals surface area contributed by atoms with Gasteiger partial charge in [0, 0.05) is 37.4 Å². The molecule has 2 aromatic rings. The Morgan fingerprint density at radius 1 is 1.11 bits per heavy atom. The molecule has 2 aromatic carbocycles.